The summed E-state index contributed by atoms with van der Waals surface area (Å²) in [6.45, 7) is 4.47. The SMILES string of the molecule is CCC(C)CCc1ccc(-n2ccccc2=O)cn1. The maximum absolute atomic E-state index is 11.7. The van der Waals surface area contributed by atoms with Crippen LogP contribution in [0, 0.1) is 5.92 Å². The molecule has 2 heterocycles. The predicted molar refractivity (Wildman–Crippen MR) is 77.6 cm³/mol. The summed E-state index contributed by atoms with van der Waals surface area (Å²) in [5.41, 5.74) is 1.88. The third-order valence-electron chi connectivity index (χ3n) is 3.50. The molecule has 2 rings (SSSR count). The van der Waals surface area contributed by atoms with Crippen LogP contribution in [0.3, 0.4) is 0 Å². The summed E-state index contributed by atoms with van der Waals surface area (Å²) in [6.07, 6.45) is 6.90. The van der Waals surface area contributed by atoms with Gasteiger partial charge < -0.3 is 0 Å². The van der Waals surface area contributed by atoms with E-state index in [4.69, 9.17) is 0 Å². The van der Waals surface area contributed by atoms with Crippen molar-refractivity contribution in [2.75, 3.05) is 0 Å². The zero-order valence-electron chi connectivity index (χ0n) is 11.5. The molecule has 0 aliphatic carbocycles. The van der Waals surface area contributed by atoms with Gasteiger partial charge in [-0.2, -0.15) is 0 Å². The third-order valence-corrected chi connectivity index (χ3v) is 3.50. The van der Waals surface area contributed by atoms with E-state index >= 15 is 0 Å². The molecule has 1 unspecified atom stereocenters. The molecular formula is C16H20N2O. The maximum Gasteiger partial charge on any atom is 0.255 e. The molecule has 0 saturated carbocycles. The summed E-state index contributed by atoms with van der Waals surface area (Å²) >= 11 is 0. The lowest BCUT2D eigenvalue weighted by Crippen LogP contribution is -2.15. The number of hydrogen-bond acceptors (Lipinski definition) is 2. The first-order valence-electron chi connectivity index (χ1n) is 6.83. The summed E-state index contributed by atoms with van der Waals surface area (Å²) in [5.74, 6) is 0.734. The first-order valence-corrected chi connectivity index (χ1v) is 6.83. The number of hydrogen-bond donors (Lipinski definition) is 0. The molecule has 3 heteroatoms. The van der Waals surface area contributed by atoms with Gasteiger partial charge in [0, 0.05) is 18.0 Å². The van der Waals surface area contributed by atoms with E-state index in [0.717, 1.165) is 30.1 Å². The summed E-state index contributed by atoms with van der Waals surface area (Å²) in [5, 5.41) is 0. The van der Waals surface area contributed by atoms with Crippen LogP contribution in [0.25, 0.3) is 5.69 Å². The first-order chi connectivity index (χ1) is 9.20. The second-order valence-corrected chi connectivity index (χ2v) is 4.97. The molecule has 0 bridgehead atoms. The normalized spacial score (nSPS) is 12.3. The zero-order valence-corrected chi connectivity index (χ0v) is 11.5. The van der Waals surface area contributed by atoms with E-state index < -0.39 is 0 Å². The Kier molecular flexibility index (Phi) is 4.50. The Balaban J connectivity index is 2.11. The van der Waals surface area contributed by atoms with Crippen molar-refractivity contribution < 1.29 is 0 Å². The molecule has 19 heavy (non-hydrogen) atoms. The van der Waals surface area contributed by atoms with Crippen molar-refractivity contribution in [2.24, 2.45) is 5.92 Å². The van der Waals surface area contributed by atoms with Gasteiger partial charge in [0.15, 0.2) is 0 Å². The highest BCUT2D eigenvalue weighted by atomic mass is 16.1. The van der Waals surface area contributed by atoms with Gasteiger partial charge in [0.25, 0.3) is 5.56 Å². The number of rotatable bonds is 5. The Morgan fingerprint density at radius 3 is 2.74 bits per heavy atom. The van der Waals surface area contributed by atoms with Crippen LogP contribution >= 0.6 is 0 Å². The van der Waals surface area contributed by atoms with Gasteiger partial charge in [0.2, 0.25) is 0 Å². The van der Waals surface area contributed by atoms with Crippen molar-refractivity contribution in [2.45, 2.75) is 33.1 Å². The summed E-state index contributed by atoms with van der Waals surface area (Å²) < 4.78 is 1.60. The molecule has 0 amide bonds. The molecule has 0 aliphatic rings. The molecule has 0 radical (unpaired) electrons. The Hall–Kier alpha value is -1.90. The van der Waals surface area contributed by atoms with E-state index in [1.165, 1.54) is 6.42 Å². The van der Waals surface area contributed by atoms with Crippen LogP contribution in [0.15, 0.2) is 47.5 Å². The van der Waals surface area contributed by atoms with Crippen molar-refractivity contribution in [3.05, 3.63) is 58.8 Å². The van der Waals surface area contributed by atoms with Gasteiger partial charge in [0.1, 0.15) is 0 Å². The van der Waals surface area contributed by atoms with Crippen LogP contribution < -0.4 is 5.56 Å². The largest absolute Gasteiger partial charge is 0.283 e. The van der Waals surface area contributed by atoms with Crippen LogP contribution in [-0.4, -0.2) is 9.55 Å². The molecule has 0 aromatic carbocycles. The molecule has 0 saturated heterocycles. The van der Waals surface area contributed by atoms with Crippen LogP contribution in [0.1, 0.15) is 32.4 Å². The molecule has 1 atom stereocenters. The summed E-state index contributed by atoms with van der Waals surface area (Å²) in [4.78, 5) is 16.1. The van der Waals surface area contributed by atoms with Crippen molar-refractivity contribution in [3.8, 4) is 5.69 Å². The minimum Gasteiger partial charge on any atom is -0.283 e. The van der Waals surface area contributed by atoms with Crippen LogP contribution in [0.5, 0.6) is 0 Å². The van der Waals surface area contributed by atoms with Crippen molar-refractivity contribution in [3.63, 3.8) is 0 Å². The smallest absolute Gasteiger partial charge is 0.255 e. The van der Waals surface area contributed by atoms with Crippen LogP contribution in [0.2, 0.25) is 0 Å². The van der Waals surface area contributed by atoms with Gasteiger partial charge in [-0.25, -0.2) is 0 Å². The molecule has 2 aromatic rings. The standard InChI is InChI=1S/C16H20N2O/c1-3-13(2)7-8-14-9-10-15(12-17-14)18-11-5-4-6-16(18)19/h4-6,9-13H,3,7-8H2,1-2H3. The Bertz CT molecular complexity index is 572. The maximum atomic E-state index is 11.7. The van der Waals surface area contributed by atoms with Crippen molar-refractivity contribution >= 4 is 0 Å². The average molecular weight is 256 g/mol. The van der Waals surface area contributed by atoms with Crippen molar-refractivity contribution in [1.82, 2.24) is 9.55 Å². The lowest BCUT2D eigenvalue weighted by atomic mass is 10.0. The molecule has 3 nitrogen and oxygen atoms in total. The average Bonchev–Trinajstić information content (AvgIpc) is 2.46. The Morgan fingerprint density at radius 2 is 2.11 bits per heavy atom. The van der Waals surface area contributed by atoms with E-state index in [-0.39, 0.29) is 5.56 Å². The monoisotopic (exact) mass is 256 g/mol. The molecule has 0 N–H and O–H groups in total. The lowest BCUT2D eigenvalue weighted by Gasteiger charge is -2.08. The number of pyridine rings is 2. The lowest BCUT2D eigenvalue weighted by molar-refractivity contribution is 0.513. The first kappa shape index (κ1) is 13.5. The van der Waals surface area contributed by atoms with Crippen LogP contribution in [0.4, 0.5) is 0 Å². The van der Waals surface area contributed by atoms with E-state index in [1.807, 2.05) is 18.2 Å². The van der Waals surface area contributed by atoms with E-state index in [9.17, 15) is 4.79 Å². The Morgan fingerprint density at radius 1 is 1.26 bits per heavy atom. The van der Waals surface area contributed by atoms with E-state index in [2.05, 4.69) is 18.8 Å². The van der Waals surface area contributed by atoms with E-state index in [0.29, 0.717) is 0 Å². The van der Waals surface area contributed by atoms with Gasteiger partial charge in [-0.3, -0.25) is 14.3 Å². The van der Waals surface area contributed by atoms with Crippen LogP contribution in [-0.2, 0) is 6.42 Å². The molecule has 100 valence electrons. The number of aromatic nitrogens is 2. The minimum absolute atomic E-state index is 0.0309. The molecule has 0 aliphatic heterocycles. The second-order valence-electron chi connectivity index (χ2n) is 4.97. The topological polar surface area (TPSA) is 34.9 Å². The zero-order chi connectivity index (χ0) is 13.7. The quantitative estimate of drug-likeness (QED) is 0.823. The van der Waals surface area contributed by atoms with Gasteiger partial charge in [0.05, 0.1) is 11.9 Å². The minimum atomic E-state index is -0.0309. The van der Waals surface area contributed by atoms with Gasteiger partial charge >= 0.3 is 0 Å². The van der Waals surface area contributed by atoms with Crippen molar-refractivity contribution in [1.29, 1.82) is 0 Å². The fourth-order valence-electron chi connectivity index (χ4n) is 1.95. The van der Waals surface area contributed by atoms with Gasteiger partial charge in [-0.15, -0.1) is 0 Å². The predicted octanol–water partition coefficient (Wildman–Crippen LogP) is 3.21. The Labute approximate surface area is 113 Å². The highest BCUT2D eigenvalue weighted by Gasteiger charge is 2.02. The number of aryl methyl sites for hydroxylation is 1. The third kappa shape index (κ3) is 3.53. The second kappa shape index (κ2) is 6.32. The highest BCUT2D eigenvalue weighted by Crippen LogP contribution is 2.12. The molecular weight excluding hydrogens is 236 g/mol. The fraction of sp³-hybridized carbons (Fsp3) is 0.375. The molecule has 2 aromatic heterocycles. The van der Waals surface area contributed by atoms with E-state index in [1.54, 1.807) is 29.1 Å². The highest BCUT2D eigenvalue weighted by molar-refractivity contribution is 5.30. The molecule has 0 spiro atoms. The fourth-order valence-corrected chi connectivity index (χ4v) is 1.95. The van der Waals surface area contributed by atoms with Gasteiger partial charge in [-0.1, -0.05) is 26.3 Å². The van der Waals surface area contributed by atoms with Gasteiger partial charge in [-0.05, 0) is 37.0 Å². The number of nitrogens with zero attached hydrogens (tertiary/aromatic N) is 2. The summed E-state index contributed by atoms with van der Waals surface area (Å²) in [6, 6.07) is 9.11. The summed E-state index contributed by atoms with van der Waals surface area (Å²) in [7, 11) is 0. The molecule has 0 fully saturated rings.